The van der Waals surface area contributed by atoms with E-state index in [0.29, 0.717) is 6.54 Å². The third-order valence-electron chi connectivity index (χ3n) is 2.56. The van der Waals surface area contributed by atoms with Crippen molar-refractivity contribution in [1.29, 1.82) is 0 Å². The molecule has 4 heteroatoms. The SMILES string of the molecule is CCCN1CCN(C)C(C(=O)O)C1. The largest absolute Gasteiger partial charge is 0.480 e. The van der Waals surface area contributed by atoms with Crippen molar-refractivity contribution in [1.82, 2.24) is 9.80 Å². The van der Waals surface area contributed by atoms with Crippen LogP contribution in [0, 0.1) is 0 Å². The average Bonchev–Trinajstić information content (AvgIpc) is 2.08. The molecular formula is C9H18N2O2. The number of likely N-dealkylation sites (N-methyl/N-ethyl adjacent to an activating group) is 1. The molecule has 0 aromatic carbocycles. The monoisotopic (exact) mass is 186 g/mol. The van der Waals surface area contributed by atoms with E-state index >= 15 is 0 Å². The van der Waals surface area contributed by atoms with Crippen LogP contribution in [-0.4, -0.2) is 60.1 Å². The lowest BCUT2D eigenvalue weighted by Gasteiger charge is -2.36. The van der Waals surface area contributed by atoms with Crippen molar-refractivity contribution < 1.29 is 9.90 Å². The Balaban J connectivity index is 2.47. The van der Waals surface area contributed by atoms with Crippen LogP contribution in [0.5, 0.6) is 0 Å². The molecule has 1 unspecified atom stereocenters. The second kappa shape index (κ2) is 4.58. The first-order valence-electron chi connectivity index (χ1n) is 4.80. The van der Waals surface area contributed by atoms with Gasteiger partial charge in [-0.25, -0.2) is 0 Å². The molecule has 1 fully saturated rings. The third-order valence-corrected chi connectivity index (χ3v) is 2.56. The summed E-state index contributed by atoms with van der Waals surface area (Å²) in [7, 11) is 1.88. The Labute approximate surface area is 79.1 Å². The van der Waals surface area contributed by atoms with Crippen LogP contribution in [0.1, 0.15) is 13.3 Å². The lowest BCUT2D eigenvalue weighted by molar-refractivity contribution is -0.145. The zero-order valence-corrected chi connectivity index (χ0v) is 8.36. The summed E-state index contributed by atoms with van der Waals surface area (Å²) in [6.07, 6.45) is 1.09. The third kappa shape index (κ3) is 2.67. The molecule has 1 saturated heterocycles. The fourth-order valence-electron chi connectivity index (χ4n) is 1.72. The standard InChI is InChI=1S/C9H18N2O2/c1-3-4-11-6-5-10(2)8(7-11)9(12)13/h8H,3-7H2,1-2H3,(H,12,13). The topological polar surface area (TPSA) is 43.8 Å². The minimum absolute atomic E-state index is 0.319. The molecule has 1 aliphatic heterocycles. The van der Waals surface area contributed by atoms with Gasteiger partial charge >= 0.3 is 5.97 Å². The van der Waals surface area contributed by atoms with Gasteiger partial charge < -0.3 is 5.11 Å². The maximum absolute atomic E-state index is 10.8. The van der Waals surface area contributed by atoms with Gasteiger partial charge in [0.05, 0.1) is 0 Å². The molecule has 1 heterocycles. The van der Waals surface area contributed by atoms with Gasteiger partial charge in [0.15, 0.2) is 0 Å². The van der Waals surface area contributed by atoms with E-state index in [1.807, 2.05) is 11.9 Å². The number of rotatable bonds is 3. The summed E-state index contributed by atoms with van der Waals surface area (Å²) in [5, 5.41) is 8.93. The average molecular weight is 186 g/mol. The van der Waals surface area contributed by atoms with Gasteiger partial charge in [-0.05, 0) is 20.0 Å². The Morgan fingerprint density at radius 3 is 2.77 bits per heavy atom. The van der Waals surface area contributed by atoms with Gasteiger partial charge in [-0.3, -0.25) is 14.6 Å². The van der Waals surface area contributed by atoms with Gasteiger partial charge in [0, 0.05) is 19.6 Å². The number of piperazine rings is 1. The molecule has 1 rings (SSSR count). The fourth-order valence-corrected chi connectivity index (χ4v) is 1.72. The Bertz CT molecular complexity index is 184. The molecule has 1 atom stereocenters. The molecule has 0 bridgehead atoms. The minimum atomic E-state index is -0.705. The summed E-state index contributed by atoms with van der Waals surface area (Å²) in [5.41, 5.74) is 0. The molecule has 0 radical (unpaired) electrons. The van der Waals surface area contributed by atoms with Crippen LogP contribution in [0.4, 0.5) is 0 Å². The van der Waals surface area contributed by atoms with Crippen molar-refractivity contribution in [2.75, 3.05) is 33.2 Å². The van der Waals surface area contributed by atoms with Crippen molar-refractivity contribution in [3.63, 3.8) is 0 Å². The maximum Gasteiger partial charge on any atom is 0.322 e. The van der Waals surface area contributed by atoms with E-state index in [-0.39, 0.29) is 6.04 Å². The predicted octanol–water partition coefficient (Wildman–Crippen LogP) is 0.0970. The van der Waals surface area contributed by atoms with E-state index in [1.54, 1.807) is 0 Å². The molecule has 0 aromatic rings. The lowest BCUT2D eigenvalue weighted by atomic mass is 10.2. The fraction of sp³-hybridized carbons (Fsp3) is 0.889. The maximum atomic E-state index is 10.8. The summed E-state index contributed by atoms with van der Waals surface area (Å²) in [6, 6.07) is -0.319. The molecule has 0 amide bonds. The number of carboxylic acids is 1. The molecular weight excluding hydrogens is 168 g/mol. The summed E-state index contributed by atoms with van der Waals surface area (Å²) < 4.78 is 0. The molecule has 0 saturated carbocycles. The van der Waals surface area contributed by atoms with Crippen molar-refractivity contribution in [2.24, 2.45) is 0 Å². The van der Waals surface area contributed by atoms with E-state index in [9.17, 15) is 4.79 Å². The van der Waals surface area contributed by atoms with Gasteiger partial charge in [-0.2, -0.15) is 0 Å². The van der Waals surface area contributed by atoms with E-state index in [4.69, 9.17) is 5.11 Å². The molecule has 0 aliphatic carbocycles. The highest BCUT2D eigenvalue weighted by molar-refractivity contribution is 5.73. The quantitative estimate of drug-likeness (QED) is 0.679. The van der Waals surface area contributed by atoms with Crippen LogP contribution in [0.2, 0.25) is 0 Å². The zero-order valence-electron chi connectivity index (χ0n) is 8.36. The first-order valence-corrected chi connectivity index (χ1v) is 4.80. The molecule has 1 N–H and O–H groups in total. The molecule has 4 nitrogen and oxygen atoms in total. The van der Waals surface area contributed by atoms with Crippen LogP contribution < -0.4 is 0 Å². The van der Waals surface area contributed by atoms with E-state index in [0.717, 1.165) is 26.1 Å². The summed E-state index contributed by atoms with van der Waals surface area (Å²) in [6.45, 7) is 5.65. The molecule has 0 aromatic heterocycles. The van der Waals surface area contributed by atoms with Crippen LogP contribution in [0.3, 0.4) is 0 Å². The summed E-state index contributed by atoms with van der Waals surface area (Å²) in [5.74, 6) is -0.705. The van der Waals surface area contributed by atoms with E-state index in [1.165, 1.54) is 0 Å². The normalized spacial score (nSPS) is 26.2. The van der Waals surface area contributed by atoms with Crippen LogP contribution in [0.15, 0.2) is 0 Å². The van der Waals surface area contributed by atoms with Gasteiger partial charge in [-0.1, -0.05) is 6.92 Å². The van der Waals surface area contributed by atoms with Gasteiger partial charge in [0.1, 0.15) is 6.04 Å². The van der Waals surface area contributed by atoms with Crippen molar-refractivity contribution in [3.8, 4) is 0 Å². The van der Waals surface area contributed by atoms with Crippen LogP contribution >= 0.6 is 0 Å². The number of hydrogen-bond donors (Lipinski definition) is 1. The number of hydrogen-bond acceptors (Lipinski definition) is 3. The van der Waals surface area contributed by atoms with Gasteiger partial charge in [0.2, 0.25) is 0 Å². The first kappa shape index (κ1) is 10.5. The van der Waals surface area contributed by atoms with Gasteiger partial charge in [0.25, 0.3) is 0 Å². The molecule has 0 spiro atoms. The Kier molecular flexibility index (Phi) is 3.69. The van der Waals surface area contributed by atoms with Crippen molar-refractivity contribution in [3.05, 3.63) is 0 Å². The Morgan fingerprint density at radius 2 is 2.23 bits per heavy atom. The predicted molar refractivity (Wildman–Crippen MR) is 50.8 cm³/mol. The van der Waals surface area contributed by atoms with Crippen LogP contribution in [0.25, 0.3) is 0 Å². The Hall–Kier alpha value is -0.610. The number of carbonyl (C=O) groups is 1. The summed E-state index contributed by atoms with van der Waals surface area (Å²) >= 11 is 0. The van der Waals surface area contributed by atoms with Crippen molar-refractivity contribution >= 4 is 5.97 Å². The number of aliphatic carboxylic acids is 1. The van der Waals surface area contributed by atoms with Crippen molar-refractivity contribution in [2.45, 2.75) is 19.4 Å². The molecule has 13 heavy (non-hydrogen) atoms. The highest BCUT2D eigenvalue weighted by atomic mass is 16.4. The Morgan fingerprint density at radius 1 is 1.54 bits per heavy atom. The zero-order chi connectivity index (χ0) is 9.84. The molecule has 1 aliphatic rings. The highest BCUT2D eigenvalue weighted by Gasteiger charge is 2.28. The number of carboxylic acid groups (broad SMARTS) is 1. The van der Waals surface area contributed by atoms with Gasteiger partial charge in [-0.15, -0.1) is 0 Å². The second-order valence-corrected chi connectivity index (χ2v) is 3.64. The van der Waals surface area contributed by atoms with E-state index in [2.05, 4.69) is 11.8 Å². The molecule has 76 valence electrons. The minimum Gasteiger partial charge on any atom is -0.480 e. The van der Waals surface area contributed by atoms with Crippen LogP contribution in [-0.2, 0) is 4.79 Å². The highest BCUT2D eigenvalue weighted by Crippen LogP contribution is 2.07. The van der Waals surface area contributed by atoms with E-state index < -0.39 is 5.97 Å². The lowest BCUT2D eigenvalue weighted by Crippen LogP contribution is -2.54. The second-order valence-electron chi connectivity index (χ2n) is 3.64. The smallest absolute Gasteiger partial charge is 0.322 e. The number of nitrogens with zero attached hydrogens (tertiary/aromatic N) is 2. The first-order chi connectivity index (χ1) is 6.15. The summed E-state index contributed by atoms with van der Waals surface area (Å²) in [4.78, 5) is 15.0.